The van der Waals surface area contributed by atoms with Gasteiger partial charge in [0.05, 0.1) is 23.0 Å². The highest BCUT2D eigenvalue weighted by Gasteiger charge is 2.10. The van der Waals surface area contributed by atoms with Crippen molar-refractivity contribution in [2.45, 2.75) is 13.5 Å². The summed E-state index contributed by atoms with van der Waals surface area (Å²) in [5.74, 6) is 0.818. The van der Waals surface area contributed by atoms with E-state index in [0.29, 0.717) is 6.54 Å². The molecule has 0 radical (unpaired) electrons. The normalized spacial score (nSPS) is 11.2. The molecule has 0 unspecified atom stereocenters. The van der Waals surface area contributed by atoms with E-state index in [-0.39, 0.29) is 0 Å². The van der Waals surface area contributed by atoms with E-state index >= 15 is 0 Å². The summed E-state index contributed by atoms with van der Waals surface area (Å²) in [5, 5.41) is 10.1. The van der Waals surface area contributed by atoms with Crippen LogP contribution in [0.5, 0.6) is 0 Å². The molecule has 5 nitrogen and oxygen atoms in total. The van der Waals surface area contributed by atoms with Crippen LogP contribution in [0.1, 0.15) is 11.5 Å². The molecule has 3 rings (SSSR count). The quantitative estimate of drug-likeness (QED) is 0.756. The summed E-state index contributed by atoms with van der Waals surface area (Å²) in [6.45, 7) is 2.71. The number of rotatable bonds is 3. The lowest BCUT2D eigenvalue weighted by molar-refractivity contribution is 0.764. The maximum atomic E-state index is 4.53. The molecule has 3 aromatic heterocycles. The summed E-state index contributed by atoms with van der Waals surface area (Å²) in [4.78, 5) is 10.0. The molecule has 0 aliphatic carbocycles. The van der Waals surface area contributed by atoms with Gasteiger partial charge in [-0.3, -0.25) is 5.10 Å². The standard InChI is InChI=1S/C12H13N5S/c1-7-8(4-15-17-7)10-3-9-11(18-10)5-14-12(16-9)6-13-2/h3-5,13H,6H2,1-2H3,(H,15,17). The van der Waals surface area contributed by atoms with Crippen molar-refractivity contribution in [3.8, 4) is 10.4 Å². The minimum atomic E-state index is 0.686. The molecule has 0 fully saturated rings. The minimum Gasteiger partial charge on any atom is -0.313 e. The number of fused-ring (bicyclic) bond motifs is 1. The van der Waals surface area contributed by atoms with Crippen molar-refractivity contribution in [2.75, 3.05) is 7.05 Å². The molecule has 18 heavy (non-hydrogen) atoms. The van der Waals surface area contributed by atoms with Gasteiger partial charge in [-0.15, -0.1) is 11.3 Å². The molecule has 0 bridgehead atoms. The Balaban J connectivity index is 2.08. The summed E-state index contributed by atoms with van der Waals surface area (Å²) in [7, 11) is 1.89. The fourth-order valence-corrected chi connectivity index (χ4v) is 2.89. The van der Waals surface area contributed by atoms with Gasteiger partial charge in [0, 0.05) is 22.3 Å². The van der Waals surface area contributed by atoms with E-state index in [1.807, 2.05) is 26.4 Å². The van der Waals surface area contributed by atoms with Crippen molar-refractivity contribution in [1.82, 2.24) is 25.5 Å². The predicted molar refractivity (Wildman–Crippen MR) is 72.5 cm³/mol. The number of hydrogen-bond acceptors (Lipinski definition) is 5. The molecule has 2 N–H and O–H groups in total. The van der Waals surface area contributed by atoms with Gasteiger partial charge in [0.25, 0.3) is 0 Å². The Kier molecular flexibility index (Phi) is 2.81. The molecule has 92 valence electrons. The van der Waals surface area contributed by atoms with Crippen LogP contribution in [0.2, 0.25) is 0 Å². The molecule has 0 saturated carbocycles. The Morgan fingerprint density at radius 3 is 3.00 bits per heavy atom. The zero-order valence-corrected chi connectivity index (χ0v) is 11.0. The molecule has 0 aliphatic heterocycles. The second-order valence-electron chi connectivity index (χ2n) is 4.09. The van der Waals surface area contributed by atoms with Crippen LogP contribution >= 0.6 is 11.3 Å². The fourth-order valence-electron chi connectivity index (χ4n) is 1.85. The van der Waals surface area contributed by atoms with Gasteiger partial charge in [-0.25, -0.2) is 9.97 Å². The van der Waals surface area contributed by atoms with E-state index in [2.05, 4.69) is 31.5 Å². The molecule has 0 aromatic carbocycles. The van der Waals surface area contributed by atoms with Crippen LogP contribution in [-0.2, 0) is 6.54 Å². The van der Waals surface area contributed by atoms with Crippen LogP contribution in [0.4, 0.5) is 0 Å². The number of aromatic amines is 1. The first-order valence-corrected chi connectivity index (χ1v) is 6.50. The van der Waals surface area contributed by atoms with Gasteiger partial charge in [0.15, 0.2) is 0 Å². The van der Waals surface area contributed by atoms with E-state index in [4.69, 9.17) is 0 Å². The summed E-state index contributed by atoms with van der Waals surface area (Å²) < 4.78 is 1.10. The zero-order valence-electron chi connectivity index (χ0n) is 10.2. The van der Waals surface area contributed by atoms with E-state index in [1.54, 1.807) is 11.3 Å². The number of nitrogens with zero attached hydrogens (tertiary/aromatic N) is 3. The molecule has 0 amide bonds. The van der Waals surface area contributed by atoms with Gasteiger partial charge >= 0.3 is 0 Å². The van der Waals surface area contributed by atoms with E-state index < -0.39 is 0 Å². The Bertz CT molecular complexity index is 685. The largest absolute Gasteiger partial charge is 0.313 e. The summed E-state index contributed by atoms with van der Waals surface area (Å²) in [6.07, 6.45) is 3.74. The third-order valence-electron chi connectivity index (χ3n) is 2.75. The monoisotopic (exact) mass is 259 g/mol. The van der Waals surface area contributed by atoms with Crippen LogP contribution in [0, 0.1) is 6.92 Å². The second-order valence-corrected chi connectivity index (χ2v) is 5.17. The summed E-state index contributed by atoms with van der Waals surface area (Å²) in [5.41, 5.74) is 3.20. The van der Waals surface area contributed by atoms with Gasteiger partial charge in [0.1, 0.15) is 5.82 Å². The first kappa shape index (κ1) is 11.3. The van der Waals surface area contributed by atoms with Crippen molar-refractivity contribution in [3.05, 3.63) is 30.0 Å². The number of nitrogens with one attached hydrogen (secondary N) is 2. The van der Waals surface area contributed by atoms with Gasteiger partial charge in [-0.2, -0.15) is 5.10 Å². The third kappa shape index (κ3) is 1.89. The number of aromatic nitrogens is 4. The molecule has 0 spiro atoms. The summed E-state index contributed by atoms with van der Waals surface area (Å²) >= 11 is 1.69. The molecular weight excluding hydrogens is 246 g/mol. The molecule has 3 aromatic rings. The van der Waals surface area contributed by atoms with Gasteiger partial charge in [-0.1, -0.05) is 0 Å². The Labute approximate surface area is 108 Å². The number of thiophene rings is 1. The number of H-pyrrole nitrogens is 1. The van der Waals surface area contributed by atoms with Crippen molar-refractivity contribution in [3.63, 3.8) is 0 Å². The third-order valence-corrected chi connectivity index (χ3v) is 3.84. The Morgan fingerprint density at radius 2 is 2.28 bits per heavy atom. The Hall–Kier alpha value is -1.79. The molecular formula is C12H13N5S. The lowest BCUT2D eigenvalue weighted by atomic mass is 10.2. The SMILES string of the molecule is CNCc1ncc2sc(-c3cn[nH]c3C)cc2n1. The predicted octanol–water partition coefficient (Wildman–Crippen LogP) is 2.11. The van der Waals surface area contributed by atoms with Gasteiger partial charge in [0.2, 0.25) is 0 Å². The lowest BCUT2D eigenvalue weighted by Gasteiger charge is -1.96. The summed E-state index contributed by atoms with van der Waals surface area (Å²) in [6, 6.07) is 2.10. The maximum Gasteiger partial charge on any atom is 0.142 e. The highest BCUT2D eigenvalue weighted by atomic mass is 32.1. The average molecular weight is 259 g/mol. The highest BCUT2D eigenvalue weighted by molar-refractivity contribution is 7.22. The van der Waals surface area contributed by atoms with E-state index in [9.17, 15) is 0 Å². The van der Waals surface area contributed by atoms with Crippen molar-refractivity contribution >= 4 is 21.6 Å². The van der Waals surface area contributed by atoms with Crippen LogP contribution in [-0.4, -0.2) is 27.2 Å². The smallest absolute Gasteiger partial charge is 0.142 e. The number of aryl methyl sites for hydroxylation is 1. The average Bonchev–Trinajstić information content (AvgIpc) is 2.94. The Morgan fingerprint density at radius 1 is 1.39 bits per heavy atom. The first-order valence-electron chi connectivity index (χ1n) is 5.68. The van der Waals surface area contributed by atoms with E-state index in [1.165, 1.54) is 4.88 Å². The molecule has 0 atom stereocenters. The van der Waals surface area contributed by atoms with Crippen LogP contribution in [0.15, 0.2) is 18.5 Å². The van der Waals surface area contributed by atoms with Crippen molar-refractivity contribution in [2.24, 2.45) is 0 Å². The first-order chi connectivity index (χ1) is 8.78. The van der Waals surface area contributed by atoms with Gasteiger partial charge in [-0.05, 0) is 20.0 Å². The van der Waals surface area contributed by atoms with Crippen LogP contribution < -0.4 is 5.32 Å². The molecule has 0 saturated heterocycles. The van der Waals surface area contributed by atoms with Gasteiger partial charge < -0.3 is 5.32 Å². The zero-order chi connectivity index (χ0) is 12.5. The van der Waals surface area contributed by atoms with E-state index in [0.717, 1.165) is 27.3 Å². The second kappa shape index (κ2) is 4.47. The highest BCUT2D eigenvalue weighted by Crippen LogP contribution is 2.33. The fraction of sp³-hybridized carbons (Fsp3) is 0.250. The van der Waals surface area contributed by atoms with Crippen LogP contribution in [0.3, 0.4) is 0 Å². The van der Waals surface area contributed by atoms with Crippen molar-refractivity contribution in [1.29, 1.82) is 0 Å². The van der Waals surface area contributed by atoms with Crippen LogP contribution in [0.25, 0.3) is 20.7 Å². The van der Waals surface area contributed by atoms with Crippen molar-refractivity contribution < 1.29 is 0 Å². The lowest BCUT2D eigenvalue weighted by Crippen LogP contribution is -2.08. The minimum absolute atomic E-state index is 0.686. The maximum absolute atomic E-state index is 4.53. The number of hydrogen-bond donors (Lipinski definition) is 2. The topological polar surface area (TPSA) is 66.5 Å². The molecule has 6 heteroatoms. The molecule has 0 aliphatic rings. The molecule has 3 heterocycles.